The minimum absolute atomic E-state index is 0.149. The number of anilines is 1. The molecule has 0 atom stereocenters. The van der Waals surface area contributed by atoms with E-state index in [9.17, 15) is 8.42 Å². The van der Waals surface area contributed by atoms with E-state index in [4.69, 9.17) is 16.6 Å². The highest BCUT2D eigenvalue weighted by Crippen LogP contribution is 2.35. The lowest BCUT2D eigenvalue weighted by Crippen LogP contribution is -2.48. The Labute approximate surface area is 207 Å². The Morgan fingerprint density at radius 1 is 0.971 bits per heavy atom. The number of rotatable bonds is 4. The van der Waals surface area contributed by atoms with Gasteiger partial charge in [-0.2, -0.15) is 0 Å². The van der Waals surface area contributed by atoms with Crippen molar-refractivity contribution in [2.24, 2.45) is 7.05 Å². The third-order valence-electron chi connectivity index (χ3n) is 7.50. The Balaban J connectivity index is 1.38. The first-order valence-corrected chi connectivity index (χ1v) is 14.4. The van der Waals surface area contributed by atoms with Crippen LogP contribution < -0.4 is 4.90 Å². The zero-order valence-electron chi connectivity index (χ0n) is 20.2. The van der Waals surface area contributed by atoms with Gasteiger partial charge < -0.3 is 9.47 Å². The van der Waals surface area contributed by atoms with Crippen molar-refractivity contribution in [3.8, 4) is 11.1 Å². The first kappa shape index (κ1) is 23.6. The van der Waals surface area contributed by atoms with Crippen LogP contribution in [0.1, 0.15) is 38.4 Å². The lowest BCUT2D eigenvalue weighted by molar-refractivity contribution is 0.209. The SMILES string of the molecule is CC(C)N1CCN(c2ccc(-c3cc(Cl)c4nc(C5CCS(=O)(=O)CC5)n(C)c4c3)cc2)CC1. The summed E-state index contributed by atoms with van der Waals surface area (Å²) >= 11 is 6.69. The molecule has 0 spiro atoms. The summed E-state index contributed by atoms with van der Waals surface area (Å²) in [5.74, 6) is 1.55. The fourth-order valence-corrected chi connectivity index (χ4v) is 7.05. The van der Waals surface area contributed by atoms with Gasteiger partial charge in [-0.3, -0.25) is 4.90 Å². The van der Waals surface area contributed by atoms with Crippen LogP contribution in [0.3, 0.4) is 0 Å². The van der Waals surface area contributed by atoms with Crippen LogP contribution in [0.15, 0.2) is 36.4 Å². The Morgan fingerprint density at radius 3 is 2.24 bits per heavy atom. The number of nitrogens with zero attached hydrogens (tertiary/aromatic N) is 4. The van der Waals surface area contributed by atoms with Crippen LogP contribution in [-0.2, 0) is 16.9 Å². The fourth-order valence-electron chi connectivity index (χ4n) is 5.31. The van der Waals surface area contributed by atoms with E-state index in [1.165, 1.54) is 5.69 Å². The molecule has 0 amide bonds. The third-order valence-corrected chi connectivity index (χ3v) is 9.51. The molecule has 34 heavy (non-hydrogen) atoms. The molecule has 3 heterocycles. The van der Waals surface area contributed by atoms with Gasteiger partial charge in [0.15, 0.2) is 0 Å². The van der Waals surface area contributed by atoms with Crippen LogP contribution in [0.4, 0.5) is 5.69 Å². The van der Waals surface area contributed by atoms with Gasteiger partial charge in [-0.25, -0.2) is 13.4 Å². The predicted octanol–water partition coefficient (Wildman–Crippen LogP) is 4.72. The van der Waals surface area contributed by atoms with Crippen molar-refractivity contribution in [3.05, 3.63) is 47.2 Å². The van der Waals surface area contributed by atoms with Crippen molar-refractivity contribution in [1.82, 2.24) is 14.5 Å². The zero-order chi connectivity index (χ0) is 24.0. The van der Waals surface area contributed by atoms with Gasteiger partial charge in [-0.15, -0.1) is 0 Å². The molecule has 2 fully saturated rings. The maximum absolute atomic E-state index is 11.9. The fraction of sp³-hybridized carbons (Fsp3) is 0.500. The number of imidazole rings is 1. The van der Waals surface area contributed by atoms with E-state index >= 15 is 0 Å². The zero-order valence-corrected chi connectivity index (χ0v) is 21.7. The minimum Gasteiger partial charge on any atom is -0.369 e. The van der Waals surface area contributed by atoms with Crippen LogP contribution in [0.2, 0.25) is 5.02 Å². The van der Waals surface area contributed by atoms with Crippen molar-refractivity contribution in [2.75, 3.05) is 42.6 Å². The summed E-state index contributed by atoms with van der Waals surface area (Å²) in [6, 6.07) is 13.5. The summed E-state index contributed by atoms with van der Waals surface area (Å²) in [6.45, 7) is 8.82. The van der Waals surface area contributed by atoms with E-state index in [0.717, 1.165) is 54.2 Å². The maximum Gasteiger partial charge on any atom is 0.150 e. The Bertz CT molecular complexity index is 1280. The lowest BCUT2D eigenvalue weighted by Gasteiger charge is -2.38. The second-order valence-corrected chi connectivity index (χ2v) is 12.7. The van der Waals surface area contributed by atoms with Crippen LogP contribution in [0, 0.1) is 0 Å². The molecule has 0 N–H and O–H groups in total. The van der Waals surface area contributed by atoms with Gasteiger partial charge in [0.25, 0.3) is 0 Å². The molecule has 182 valence electrons. The van der Waals surface area contributed by atoms with E-state index in [1.54, 1.807) is 0 Å². The largest absolute Gasteiger partial charge is 0.369 e. The summed E-state index contributed by atoms with van der Waals surface area (Å²) in [6.07, 6.45) is 1.24. The third kappa shape index (κ3) is 4.58. The van der Waals surface area contributed by atoms with Gasteiger partial charge >= 0.3 is 0 Å². The number of aromatic nitrogens is 2. The molecule has 0 saturated carbocycles. The van der Waals surface area contributed by atoms with Crippen molar-refractivity contribution in [3.63, 3.8) is 0 Å². The molecule has 2 aliphatic rings. The number of piperazine rings is 1. The highest BCUT2D eigenvalue weighted by atomic mass is 35.5. The molecule has 0 bridgehead atoms. The van der Waals surface area contributed by atoms with E-state index in [1.807, 2.05) is 13.1 Å². The Kier molecular flexibility index (Phi) is 6.38. The average molecular weight is 501 g/mol. The maximum atomic E-state index is 11.9. The number of hydrogen-bond donors (Lipinski definition) is 0. The monoisotopic (exact) mass is 500 g/mol. The molecule has 2 saturated heterocycles. The summed E-state index contributed by atoms with van der Waals surface area (Å²) in [5, 5.41) is 0.631. The smallest absolute Gasteiger partial charge is 0.150 e. The summed E-state index contributed by atoms with van der Waals surface area (Å²) < 4.78 is 25.8. The first-order valence-electron chi connectivity index (χ1n) is 12.2. The van der Waals surface area contributed by atoms with Gasteiger partial charge in [-0.1, -0.05) is 23.7 Å². The highest BCUT2D eigenvalue weighted by Gasteiger charge is 2.28. The number of hydrogen-bond acceptors (Lipinski definition) is 5. The van der Waals surface area contributed by atoms with Crippen molar-refractivity contribution < 1.29 is 8.42 Å². The minimum atomic E-state index is -2.90. The molecule has 0 unspecified atom stereocenters. The second-order valence-electron chi connectivity index (χ2n) is 9.94. The molecule has 2 aromatic carbocycles. The molecule has 0 aliphatic carbocycles. The molecular weight excluding hydrogens is 468 g/mol. The van der Waals surface area contributed by atoms with Crippen LogP contribution in [0.25, 0.3) is 22.2 Å². The van der Waals surface area contributed by atoms with Gasteiger partial charge in [0, 0.05) is 50.9 Å². The number of sulfone groups is 1. The van der Waals surface area contributed by atoms with Gasteiger partial charge in [0.1, 0.15) is 21.2 Å². The van der Waals surface area contributed by atoms with Crippen molar-refractivity contribution in [2.45, 2.75) is 38.6 Å². The molecule has 8 heteroatoms. The first-order chi connectivity index (χ1) is 16.2. The predicted molar refractivity (Wildman–Crippen MR) is 141 cm³/mol. The lowest BCUT2D eigenvalue weighted by atomic mass is 10.0. The topological polar surface area (TPSA) is 58.4 Å². The molecule has 5 rings (SSSR count). The number of halogens is 1. The van der Waals surface area contributed by atoms with Crippen LogP contribution in [-0.4, -0.2) is 66.6 Å². The molecule has 2 aliphatic heterocycles. The van der Waals surface area contributed by atoms with E-state index in [-0.39, 0.29) is 17.4 Å². The highest BCUT2D eigenvalue weighted by molar-refractivity contribution is 7.91. The molecule has 6 nitrogen and oxygen atoms in total. The van der Waals surface area contributed by atoms with Crippen molar-refractivity contribution >= 4 is 38.2 Å². The molecular formula is C26H33ClN4O2S. The Hall–Kier alpha value is -2.09. The standard InChI is InChI=1S/C26H33ClN4O2S/c1-18(2)30-10-12-31(13-11-30)22-6-4-19(5-7-22)21-16-23(27)25-24(17-21)29(3)26(28-25)20-8-14-34(32,33)15-9-20/h4-7,16-18,20H,8-15H2,1-3H3. The number of aryl methyl sites for hydroxylation is 1. The quantitative estimate of drug-likeness (QED) is 0.519. The van der Waals surface area contributed by atoms with Crippen LogP contribution in [0.5, 0.6) is 0 Å². The van der Waals surface area contributed by atoms with Crippen LogP contribution >= 0.6 is 11.6 Å². The average Bonchev–Trinajstić information content (AvgIpc) is 3.16. The molecule has 0 radical (unpaired) electrons. The van der Waals surface area contributed by atoms with E-state index < -0.39 is 9.84 Å². The normalized spacial score (nSPS) is 19.9. The van der Waals surface area contributed by atoms with Crippen molar-refractivity contribution in [1.29, 1.82) is 0 Å². The second kappa shape index (κ2) is 9.17. The van der Waals surface area contributed by atoms with E-state index in [2.05, 4.69) is 58.5 Å². The summed E-state index contributed by atoms with van der Waals surface area (Å²) in [7, 11) is -0.897. The summed E-state index contributed by atoms with van der Waals surface area (Å²) in [5.41, 5.74) is 5.22. The Morgan fingerprint density at radius 2 is 1.62 bits per heavy atom. The molecule has 3 aromatic rings. The van der Waals surface area contributed by atoms with E-state index in [0.29, 0.717) is 23.9 Å². The van der Waals surface area contributed by atoms with Gasteiger partial charge in [-0.05, 0) is 62.1 Å². The van der Waals surface area contributed by atoms with Gasteiger partial charge in [0.2, 0.25) is 0 Å². The molecule has 1 aromatic heterocycles. The summed E-state index contributed by atoms with van der Waals surface area (Å²) in [4.78, 5) is 9.82. The van der Waals surface area contributed by atoms with Gasteiger partial charge in [0.05, 0.1) is 22.0 Å². The number of benzene rings is 2. The number of fused-ring (bicyclic) bond motifs is 1.